The van der Waals surface area contributed by atoms with Crippen molar-refractivity contribution in [2.75, 3.05) is 18.4 Å². The summed E-state index contributed by atoms with van der Waals surface area (Å²) in [7, 11) is 0. The summed E-state index contributed by atoms with van der Waals surface area (Å²) in [6, 6.07) is 12.3. The topological polar surface area (TPSA) is 106 Å². The van der Waals surface area contributed by atoms with Gasteiger partial charge in [-0.1, -0.05) is 43.5 Å². The number of anilines is 1. The van der Waals surface area contributed by atoms with Gasteiger partial charge in [0.05, 0.1) is 17.9 Å². The number of thioether (sulfide) groups is 1. The monoisotopic (exact) mass is 575 g/mol. The molecule has 1 saturated carbocycles. The number of benzene rings is 2. The number of amides is 3. The molecular formula is C31H33N3O6S. The van der Waals surface area contributed by atoms with Crippen LogP contribution in [0.5, 0.6) is 11.5 Å². The molecule has 5 atom stereocenters. The van der Waals surface area contributed by atoms with Gasteiger partial charge < -0.3 is 29.7 Å². The molecule has 2 bridgehead atoms. The highest BCUT2D eigenvalue weighted by Crippen LogP contribution is 2.55. The fourth-order valence-corrected chi connectivity index (χ4v) is 7.59. The summed E-state index contributed by atoms with van der Waals surface area (Å²) in [5, 5.41) is 6.24. The zero-order valence-electron chi connectivity index (χ0n) is 22.8. The predicted octanol–water partition coefficient (Wildman–Crippen LogP) is 3.88. The molecule has 0 unspecified atom stereocenters. The molecule has 10 heteroatoms. The van der Waals surface area contributed by atoms with Crippen LogP contribution in [0.1, 0.15) is 37.7 Å². The number of carbonyl (C=O) groups is 3. The molecule has 214 valence electrons. The zero-order valence-corrected chi connectivity index (χ0v) is 23.7. The van der Waals surface area contributed by atoms with Gasteiger partial charge in [-0.25, -0.2) is 0 Å². The molecular weight excluding hydrogens is 542 g/mol. The van der Waals surface area contributed by atoms with Crippen LogP contribution in [0.3, 0.4) is 0 Å². The minimum Gasteiger partial charge on any atom is -0.454 e. The molecule has 2 aromatic rings. The van der Waals surface area contributed by atoms with Gasteiger partial charge in [0.25, 0.3) is 0 Å². The molecule has 2 saturated heterocycles. The van der Waals surface area contributed by atoms with Crippen molar-refractivity contribution >= 4 is 35.2 Å². The van der Waals surface area contributed by atoms with Gasteiger partial charge in [-0.15, -0.1) is 11.8 Å². The van der Waals surface area contributed by atoms with Crippen LogP contribution in [0.2, 0.25) is 0 Å². The predicted molar refractivity (Wildman–Crippen MR) is 152 cm³/mol. The van der Waals surface area contributed by atoms with Crippen LogP contribution in [0, 0.1) is 11.8 Å². The van der Waals surface area contributed by atoms with Gasteiger partial charge in [-0.3, -0.25) is 14.4 Å². The summed E-state index contributed by atoms with van der Waals surface area (Å²) >= 11 is 1.59. The summed E-state index contributed by atoms with van der Waals surface area (Å²) in [5.74, 6) is -1.07. The van der Waals surface area contributed by atoms with Gasteiger partial charge in [0.15, 0.2) is 11.5 Å². The second kappa shape index (κ2) is 10.4. The Hall–Kier alpha value is -3.50. The maximum Gasteiger partial charge on any atom is 0.246 e. The number of carbonyl (C=O) groups excluding carboxylic acids is 3. The molecule has 5 aliphatic rings. The Labute approximate surface area is 243 Å². The number of nitrogens with zero attached hydrogens (tertiary/aromatic N) is 1. The fourth-order valence-electron chi connectivity index (χ4n) is 7.13. The van der Waals surface area contributed by atoms with E-state index in [1.807, 2.05) is 60.9 Å². The third-order valence-corrected chi connectivity index (χ3v) is 9.73. The van der Waals surface area contributed by atoms with E-state index in [0.717, 1.165) is 36.1 Å². The summed E-state index contributed by atoms with van der Waals surface area (Å²) in [4.78, 5) is 44.7. The SMILES string of the molecule is CSc1cccc(NC(=O)[C@H]2[C@@H]3C=C[C@]4(O3)[C@@H]2C(=O)N(Cc2ccc3c(c2)OCO3)[C@@H]4C(=O)NC2CCCCC2)c1. The van der Waals surface area contributed by atoms with Crippen molar-refractivity contribution in [3.8, 4) is 11.5 Å². The lowest BCUT2D eigenvalue weighted by atomic mass is 9.74. The average molecular weight is 576 g/mol. The van der Waals surface area contributed by atoms with E-state index in [0.29, 0.717) is 17.2 Å². The van der Waals surface area contributed by atoms with Crippen LogP contribution in [0.15, 0.2) is 59.5 Å². The average Bonchev–Trinajstić information content (AvgIpc) is 3.74. The van der Waals surface area contributed by atoms with E-state index in [9.17, 15) is 14.4 Å². The smallest absolute Gasteiger partial charge is 0.246 e. The molecule has 0 radical (unpaired) electrons. The van der Waals surface area contributed by atoms with Crippen molar-refractivity contribution in [2.24, 2.45) is 11.8 Å². The van der Waals surface area contributed by atoms with Crippen molar-refractivity contribution in [3.05, 3.63) is 60.2 Å². The molecule has 41 heavy (non-hydrogen) atoms. The lowest BCUT2D eigenvalue weighted by Crippen LogP contribution is -2.56. The summed E-state index contributed by atoms with van der Waals surface area (Å²) < 4.78 is 17.5. The van der Waals surface area contributed by atoms with E-state index >= 15 is 0 Å². The number of hydrogen-bond donors (Lipinski definition) is 2. The molecule has 2 N–H and O–H groups in total. The summed E-state index contributed by atoms with van der Waals surface area (Å²) in [6.07, 6.45) is 10.2. The molecule has 3 amide bonds. The van der Waals surface area contributed by atoms with Gasteiger partial charge in [0.1, 0.15) is 11.6 Å². The number of ether oxygens (including phenoxy) is 3. The van der Waals surface area contributed by atoms with Gasteiger partial charge in [-0.05, 0) is 55.0 Å². The Bertz CT molecular complexity index is 1420. The van der Waals surface area contributed by atoms with E-state index in [1.165, 1.54) is 6.42 Å². The van der Waals surface area contributed by atoms with Crippen LogP contribution in [0.25, 0.3) is 0 Å². The molecule has 3 fully saturated rings. The quantitative estimate of drug-likeness (QED) is 0.381. The van der Waals surface area contributed by atoms with Crippen LogP contribution in [-0.4, -0.2) is 59.5 Å². The first-order valence-corrected chi connectivity index (χ1v) is 15.5. The first kappa shape index (κ1) is 26.4. The first-order chi connectivity index (χ1) is 20.0. The van der Waals surface area contributed by atoms with Crippen molar-refractivity contribution in [1.82, 2.24) is 10.2 Å². The van der Waals surface area contributed by atoms with Crippen LogP contribution in [-0.2, 0) is 25.7 Å². The number of hydrogen-bond acceptors (Lipinski definition) is 7. The summed E-state index contributed by atoms with van der Waals surface area (Å²) in [5.41, 5.74) is 0.264. The van der Waals surface area contributed by atoms with Crippen molar-refractivity contribution in [2.45, 2.75) is 67.3 Å². The standard InChI is InChI=1S/C31H33N3O6S/c1-41-21-9-5-8-20(15-21)33-28(35)25-23-12-13-31(40-23)26(25)30(37)34(16-18-10-11-22-24(14-18)39-17-38-22)27(31)29(36)32-19-6-3-2-4-7-19/h5,8-15,19,23,25-27H,2-4,6-7,16-17H2,1H3,(H,32,36)(H,33,35)/t23-,25-,26-,27+,31-/m0/s1. The Morgan fingerprint density at radius 1 is 1.05 bits per heavy atom. The minimum atomic E-state index is -1.21. The Morgan fingerprint density at radius 2 is 1.88 bits per heavy atom. The van der Waals surface area contributed by atoms with Crippen molar-refractivity contribution < 1.29 is 28.6 Å². The number of rotatable bonds is 7. The van der Waals surface area contributed by atoms with Crippen LogP contribution in [0.4, 0.5) is 5.69 Å². The van der Waals surface area contributed by atoms with E-state index in [-0.39, 0.29) is 37.1 Å². The fraction of sp³-hybridized carbons (Fsp3) is 0.452. The van der Waals surface area contributed by atoms with Gasteiger partial charge >= 0.3 is 0 Å². The lowest BCUT2D eigenvalue weighted by molar-refractivity contribution is -0.142. The molecule has 0 aromatic heterocycles. The molecule has 1 aliphatic carbocycles. The van der Waals surface area contributed by atoms with Crippen molar-refractivity contribution in [1.29, 1.82) is 0 Å². The van der Waals surface area contributed by atoms with E-state index < -0.39 is 29.6 Å². The Morgan fingerprint density at radius 3 is 2.71 bits per heavy atom. The third kappa shape index (κ3) is 4.48. The second-order valence-corrected chi connectivity index (χ2v) is 12.3. The lowest BCUT2D eigenvalue weighted by Gasteiger charge is -2.34. The largest absolute Gasteiger partial charge is 0.454 e. The third-order valence-electron chi connectivity index (χ3n) is 9.00. The normalized spacial score (nSPS) is 29.6. The van der Waals surface area contributed by atoms with Gasteiger partial charge in [0.2, 0.25) is 24.5 Å². The highest BCUT2D eigenvalue weighted by atomic mass is 32.2. The van der Waals surface area contributed by atoms with E-state index in [1.54, 1.807) is 16.7 Å². The first-order valence-electron chi connectivity index (χ1n) is 14.3. The van der Waals surface area contributed by atoms with Crippen molar-refractivity contribution in [3.63, 3.8) is 0 Å². The van der Waals surface area contributed by atoms with Crippen LogP contribution < -0.4 is 20.1 Å². The maximum atomic E-state index is 14.3. The second-order valence-electron chi connectivity index (χ2n) is 11.4. The highest BCUT2D eigenvalue weighted by Gasteiger charge is 2.72. The van der Waals surface area contributed by atoms with Crippen LogP contribution >= 0.6 is 11.8 Å². The zero-order chi connectivity index (χ0) is 28.1. The molecule has 4 heterocycles. The molecule has 9 nitrogen and oxygen atoms in total. The Kier molecular flexibility index (Phi) is 6.70. The number of nitrogens with one attached hydrogen (secondary N) is 2. The van der Waals surface area contributed by atoms with Gasteiger partial charge in [0, 0.05) is 23.2 Å². The summed E-state index contributed by atoms with van der Waals surface area (Å²) in [6.45, 7) is 0.332. The molecule has 4 aliphatic heterocycles. The highest BCUT2D eigenvalue weighted by molar-refractivity contribution is 7.98. The number of likely N-dealkylation sites (tertiary alicyclic amines) is 1. The minimum absolute atomic E-state index is 0.0691. The van der Waals surface area contributed by atoms with E-state index in [4.69, 9.17) is 14.2 Å². The van der Waals surface area contributed by atoms with Gasteiger partial charge in [-0.2, -0.15) is 0 Å². The molecule has 1 spiro atoms. The number of fused-ring (bicyclic) bond motifs is 2. The molecule has 2 aromatic carbocycles. The maximum absolute atomic E-state index is 14.3. The Balaban J connectivity index is 1.21. The van der Waals surface area contributed by atoms with E-state index in [2.05, 4.69) is 10.6 Å². The molecule has 7 rings (SSSR count).